The van der Waals surface area contributed by atoms with E-state index in [1.54, 1.807) is 0 Å². The van der Waals surface area contributed by atoms with E-state index in [4.69, 9.17) is 4.74 Å². The maximum atomic E-state index is 13.2. The van der Waals surface area contributed by atoms with Gasteiger partial charge in [0.2, 0.25) is 0 Å². The average molecular weight is 469 g/mol. The van der Waals surface area contributed by atoms with Crippen molar-refractivity contribution < 1.29 is 9.53 Å². The number of ether oxygens (including phenoxy) is 1. The molecule has 1 amide bonds. The average Bonchev–Trinajstić information content (AvgIpc) is 2.90. The standard InChI is InChI=1S/C30H30NO2P/c1-24(2)29(31-30(32)33-23-25-15-7-3-8-16-25)34(26-17-9-4-10-18-26,27-19-11-5-12-20-27)28-21-13-6-14-22-28/h3-22,24,29H,23H2,1-2H3/p+1/t29-/m0/s1. The quantitative estimate of drug-likeness (QED) is 0.328. The fourth-order valence-corrected chi connectivity index (χ4v) is 9.49. The molecule has 1 N–H and O–H groups in total. The Labute approximate surface area is 203 Å². The molecule has 0 heterocycles. The minimum absolute atomic E-state index is 0.150. The van der Waals surface area contributed by atoms with Crippen LogP contribution in [0.2, 0.25) is 0 Å². The second-order valence-corrected chi connectivity index (χ2v) is 12.2. The van der Waals surface area contributed by atoms with Crippen molar-refractivity contribution in [3.05, 3.63) is 127 Å². The van der Waals surface area contributed by atoms with Crippen LogP contribution in [0.1, 0.15) is 19.4 Å². The van der Waals surface area contributed by atoms with Crippen molar-refractivity contribution in [3.8, 4) is 0 Å². The number of hydrogen-bond acceptors (Lipinski definition) is 2. The summed E-state index contributed by atoms with van der Waals surface area (Å²) in [4.78, 5) is 13.2. The summed E-state index contributed by atoms with van der Waals surface area (Å²) in [5.41, 5.74) is 0.967. The minimum atomic E-state index is -2.28. The first kappa shape index (κ1) is 23.7. The third-order valence-electron chi connectivity index (χ3n) is 6.02. The van der Waals surface area contributed by atoms with Crippen LogP contribution in [0.25, 0.3) is 0 Å². The second-order valence-electron chi connectivity index (χ2n) is 8.62. The highest BCUT2D eigenvalue weighted by Gasteiger charge is 2.54. The van der Waals surface area contributed by atoms with Gasteiger partial charge in [0.1, 0.15) is 29.8 Å². The van der Waals surface area contributed by atoms with Crippen molar-refractivity contribution in [3.63, 3.8) is 0 Å². The second kappa shape index (κ2) is 11.1. The van der Waals surface area contributed by atoms with Crippen molar-refractivity contribution in [1.82, 2.24) is 5.32 Å². The fraction of sp³-hybridized carbons (Fsp3) is 0.167. The molecule has 0 aliphatic carbocycles. The van der Waals surface area contributed by atoms with Gasteiger partial charge < -0.3 is 4.74 Å². The molecule has 0 saturated heterocycles. The number of carbonyl (C=O) groups excluding carboxylic acids is 1. The topological polar surface area (TPSA) is 38.3 Å². The molecule has 0 aliphatic rings. The van der Waals surface area contributed by atoms with Gasteiger partial charge in [-0.05, 0) is 42.0 Å². The van der Waals surface area contributed by atoms with Gasteiger partial charge >= 0.3 is 6.09 Å². The molecule has 0 fully saturated rings. The normalized spacial score (nSPS) is 12.2. The zero-order chi connectivity index (χ0) is 23.8. The van der Waals surface area contributed by atoms with Crippen LogP contribution in [-0.4, -0.2) is 11.9 Å². The fourth-order valence-electron chi connectivity index (χ4n) is 4.51. The Morgan fingerprint density at radius 1 is 0.676 bits per heavy atom. The van der Waals surface area contributed by atoms with E-state index in [9.17, 15) is 4.79 Å². The molecule has 4 heteroatoms. The Hall–Kier alpha value is -3.42. The molecule has 0 radical (unpaired) electrons. The van der Waals surface area contributed by atoms with Gasteiger partial charge in [-0.2, -0.15) is 0 Å². The SMILES string of the molecule is CC(C)[C@@H](NC(=O)OCc1ccccc1)[P+](c1ccccc1)(c1ccccc1)c1ccccc1. The van der Waals surface area contributed by atoms with E-state index in [0.717, 1.165) is 5.56 Å². The van der Waals surface area contributed by atoms with Gasteiger partial charge in [0.05, 0.1) is 0 Å². The highest BCUT2D eigenvalue weighted by atomic mass is 31.2. The van der Waals surface area contributed by atoms with Gasteiger partial charge in [0.25, 0.3) is 0 Å². The van der Waals surface area contributed by atoms with Crippen LogP contribution < -0.4 is 21.2 Å². The highest BCUT2D eigenvalue weighted by molar-refractivity contribution is 7.96. The molecule has 0 spiro atoms. The van der Waals surface area contributed by atoms with Crippen molar-refractivity contribution in [2.75, 3.05) is 0 Å². The molecular formula is C30H31NO2P+. The summed E-state index contributed by atoms with van der Waals surface area (Å²) in [7, 11) is -2.28. The Balaban J connectivity index is 1.81. The Bertz CT molecular complexity index is 1070. The summed E-state index contributed by atoms with van der Waals surface area (Å²) in [5, 5.41) is 7.00. The first-order chi connectivity index (χ1) is 16.6. The molecule has 0 unspecified atom stereocenters. The zero-order valence-corrected chi connectivity index (χ0v) is 20.6. The van der Waals surface area contributed by atoms with Gasteiger partial charge in [-0.3, -0.25) is 5.32 Å². The van der Waals surface area contributed by atoms with Crippen molar-refractivity contribution >= 4 is 29.3 Å². The first-order valence-corrected chi connectivity index (χ1v) is 13.5. The first-order valence-electron chi connectivity index (χ1n) is 11.6. The summed E-state index contributed by atoms with van der Waals surface area (Å²) in [6, 6.07) is 41.6. The Morgan fingerprint density at radius 2 is 1.06 bits per heavy atom. The molecule has 34 heavy (non-hydrogen) atoms. The van der Waals surface area contributed by atoms with E-state index in [-0.39, 0.29) is 18.3 Å². The largest absolute Gasteiger partial charge is 0.445 e. The van der Waals surface area contributed by atoms with Gasteiger partial charge in [0, 0.05) is 5.92 Å². The maximum Gasteiger partial charge on any atom is 0.410 e. The lowest BCUT2D eigenvalue weighted by Crippen LogP contribution is -2.50. The van der Waals surface area contributed by atoms with Crippen LogP contribution >= 0.6 is 7.26 Å². The molecule has 0 aliphatic heterocycles. The van der Waals surface area contributed by atoms with Crippen LogP contribution in [0.3, 0.4) is 0 Å². The van der Waals surface area contributed by atoms with E-state index in [1.807, 2.05) is 48.5 Å². The number of alkyl carbamates (subject to hydrolysis) is 1. The molecule has 0 saturated carbocycles. The van der Waals surface area contributed by atoms with Crippen LogP contribution in [0, 0.1) is 5.92 Å². The van der Waals surface area contributed by atoms with Crippen molar-refractivity contribution in [1.29, 1.82) is 0 Å². The lowest BCUT2D eigenvalue weighted by atomic mass is 10.2. The van der Waals surface area contributed by atoms with E-state index in [1.165, 1.54) is 15.9 Å². The molecule has 3 nitrogen and oxygen atoms in total. The molecule has 4 rings (SSSR count). The third kappa shape index (κ3) is 5.05. The number of hydrogen-bond donors (Lipinski definition) is 1. The predicted octanol–water partition coefficient (Wildman–Crippen LogP) is 5.89. The van der Waals surface area contributed by atoms with E-state index in [2.05, 4.69) is 92.0 Å². The molecular weight excluding hydrogens is 437 g/mol. The molecule has 172 valence electrons. The van der Waals surface area contributed by atoms with Crippen LogP contribution in [-0.2, 0) is 11.3 Å². The zero-order valence-electron chi connectivity index (χ0n) is 19.7. The lowest BCUT2D eigenvalue weighted by Gasteiger charge is -2.36. The molecule has 4 aromatic carbocycles. The summed E-state index contributed by atoms with van der Waals surface area (Å²) < 4.78 is 5.68. The Morgan fingerprint density at radius 3 is 1.44 bits per heavy atom. The number of amides is 1. The highest BCUT2D eigenvalue weighted by Crippen LogP contribution is 2.60. The molecule has 4 aromatic rings. The summed E-state index contributed by atoms with van der Waals surface area (Å²) >= 11 is 0. The molecule has 0 aromatic heterocycles. The number of benzene rings is 4. The molecule has 0 bridgehead atoms. The summed E-state index contributed by atoms with van der Waals surface area (Å²) in [5.74, 6) is 0.0150. The van der Waals surface area contributed by atoms with Gasteiger partial charge in [-0.1, -0.05) is 98.8 Å². The van der Waals surface area contributed by atoms with Crippen molar-refractivity contribution in [2.24, 2.45) is 5.92 Å². The van der Waals surface area contributed by atoms with E-state index in [0.29, 0.717) is 0 Å². The number of rotatable bonds is 8. The van der Waals surface area contributed by atoms with E-state index >= 15 is 0 Å². The monoisotopic (exact) mass is 468 g/mol. The number of carbonyl (C=O) groups is 1. The number of nitrogens with one attached hydrogen (secondary N) is 1. The van der Waals surface area contributed by atoms with Crippen LogP contribution in [0.4, 0.5) is 4.79 Å². The van der Waals surface area contributed by atoms with Gasteiger partial charge in [-0.15, -0.1) is 0 Å². The lowest BCUT2D eigenvalue weighted by molar-refractivity contribution is 0.137. The summed E-state index contributed by atoms with van der Waals surface area (Å²) in [6.45, 7) is 4.59. The van der Waals surface area contributed by atoms with Crippen molar-refractivity contribution in [2.45, 2.75) is 26.2 Å². The Kier molecular flexibility index (Phi) is 7.77. The van der Waals surface area contributed by atoms with Gasteiger partial charge in [0.15, 0.2) is 5.78 Å². The van der Waals surface area contributed by atoms with Crippen LogP contribution in [0.5, 0.6) is 0 Å². The van der Waals surface area contributed by atoms with Crippen LogP contribution in [0.15, 0.2) is 121 Å². The predicted molar refractivity (Wildman–Crippen MR) is 144 cm³/mol. The molecule has 1 atom stereocenters. The maximum absolute atomic E-state index is 13.2. The van der Waals surface area contributed by atoms with E-state index < -0.39 is 13.4 Å². The van der Waals surface area contributed by atoms with Gasteiger partial charge in [-0.25, -0.2) is 4.79 Å². The third-order valence-corrected chi connectivity index (χ3v) is 10.9. The smallest absolute Gasteiger partial charge is 0.410 e. The summed E-state index contributed by atoms with van der Waals surface area (Å²) in [6.07, 6.45) is -0.394. The minimum Gasteiger partial charge on any atom is -0.445 e.